The Morgan fingerprint density at radius 2 is 1.92 bits per heavy atom. The van der Waals surface area contributed by atoms with Gasteiger partial charge in [0, 0.05) is 17.8 Å². The van der Waals surface area contributed by atoms with Gasteiger partial charge in [-0.15, -0.1) is 0 Å². The van der Waals surface area contributed by atoms with E-state index in [2.05, 4.69) is 28.9 Å². The second kappa shape index (κ2) is 6.70. The minimum Gasteiger partial charge on any atom is -0.417 e. The van der Waals surface area contributed by atoms with Crippen molar-refractivity contribution in [1.82, 2.24) is 10.3 Å². The van der Waals surface area contributed by atoms with Gasteiger partial charge in [0.05, 0.1) is 0 Å². The molecule has 1 heterocycles. The van der Waals surface area contributed by atoms with Crippen LogP contribution in [0.4, 0.5) is 8.78 Å². The van der Waals surface area contributed by atoms with Crippen LogP contribution in [0, 0.1) is 5.41 Å². The first kappa shape index (κ1) is 18.1. The van der Waals surface area contributed by atoms with E-state index in [1.807, 2.05) is 0 Å². The number of halogens is 2. The Morgan fingerprint density at radius 3 is 2.46 bits per heavy atom. The van der Waals surface area contributed by atoms with Crippen LogP contribution in [0.2, 0.25) is 0 Å². The van der Waals surface area contributed by atoms with Gasteiger partial charge in [-0.05, 0) is 37.2 Å². The summed E-state index contributed by atoms with van der Waals surface area (Å²) in [4.78, 5) is 28.0. The number of alkyl halides is 2. The highest BCUT2D eigenvalue weighted by molar-refractivity contribution is 5.99. The van der Waals surface area contributed by atoms with Crippen molar-refractivity contribution in [2.75, 3.05) is 0 Å². The Kier molecular flexibility index (Phi) is 5.05. The third-order valence-corrected chi connectivity index (χ3v) is 4.49. The predicted molar refractivity (Wildman–Crippen MR) is 82.5 cm³/mol. The average molecular weight is 341 g/mol. The summed E-state index contributed by atoms with van der Waals surface area (Å²) < 4.78 is 28.7. The molecule has 0 unspecified atom stereocenters. The first-order valence-corrected chi connectivity index (χ1v) is 7.67. The van der Waals surface area contributed by atoms with E-state index in [-0.39, 0.29) is 16.9 Å². The molecule has 1 aromatic heterocycles. The molecule has 24 heavy (non-hydrogen) atoms. The molecule has 1 fully saturated rings. The number of primary amides is 1. The van der Waals surface area contributed by atoms with E-state index < -0.39 is 24.0 Å². The first-order valence-electron chi connectivity index (χ1n) is 7.67. The van der Waals surface area contributed by atoms with Crippen molar-refractivity contribution in [2.45, 2.75) is 51.7 Å². The molecule has 2 amide bonds. The number of carbonyl (C=O) groups is 2. The van der Waals surface area contributed by atoms with Gasteiger partial charge in [0.1, 0.15) is 5.54 Å². The summed E-state index contributed by atoms with van der Waals surface area (Å²) in [6.45, 7) is 1.15. The van der Waals surface area contributed by atoms with Gasteiger partial charge in [-0.3, -0.25) is 9.59 Å². The fraction of sp³-hybridized carbons (Fsp3) is 0.562. The van der Waals surface area contributed by atoms with Crippen molar-refractivity contribution in [3.05, 3.63) is 23.9 Å². The zero-order valence-electron chi connectivity index (χ0n) is 13.6. The van der Waals surface area contributed by atoms with Crippen LogP contribution in [0.5, 0.6) is 5.88 Å². The summed E-state index contributed by atoms with van der Waals surface area (Å²) in [5.74, 6) is -1.53. The number of nitrogens with two attached hydrogens (primary N) is 1. The van der Waals surface area contributed by atoms with Crippen molar-refractivity contribution in [3.8, 4) is 5.88 Å². The maximum absolute atomic E-state index is 12.4. The van der Waals surface area contributed by atoms with Gasteiger partial charge < -0.3 is 15.8 Å². The molecule has 1 aliphatic carbocycles. The molecule has 3 N–H and O–H groups in total. The van der Waals surface area contributed by atoms with E-state index in [1.165, 1.54) is 12.3 Å². The van der Waals surface area contributed by atoms with Crippen LogP contribution in [-0.2, 0) is 4.79 Å². The molecule has 0 aromatic carbocycles. The summed E-state index contributed by atoms with van der Waals surface area (Å²) in [7, 11) is 0. The maximum atomic E-state index is 12.4. The van der Waals surface area contributed by atoms with Crippen molar-refractivity contribution in [3.63, 3.8) is 0 Å². The van der Waals surface area contributed by atoms with E-state index in [4.69, 9.17) is 5.73 Å². The van der Waals surface area contributed by atoms with Crippen molar-refractivity contribution in [2.24, 2.45) is 11.1 Å². The fourth-order valence-electron chi connectivity index (χ4n) is 2.78. The van der Waals surface area contributed by atoms with Gasteiger partial charge in [-0.25, -0.2) is 4.98 Å². The molecule has 0 aliphatic heterocycles. The van der Waals surface area contributed by atoms with Gasteiger partial charge >= 0.3 is 6.61 Å². The number of amides is 2. The second-order valence-electron chi connectivity index (χ2n) is 6.83. The Bertz CT molecular complexity index is 625. The SMILES string of the molecule is CC1(C)CCC(NC(=O)c2ccnc(OC(F)F)c2)(C(N)=O)CC1. The summed E-state index contributed by atoms with van der Waals surface area (Å²) in [6, 6.07) is 2.46. The highest BCUT2D eigenvalue weighted by atomic mass is 19.3. The minimum absolute atomic E-state index is 0.0751. The first-order chi connectivity index (χ1) is 11.1. The number of hydrogen-bond acceptors (Lipinski definition) is 4. The lowest BCUT2D eigenvalue weighted by Gasteiger charge is -2.41. The average Bonchev–Trinajstić information content (AvgIpc) is 2.49. The van der Waals surface area contributed by atoms with Crippen LogP contribution < -0.4 is 15.8 Å². The lowest BCUT2D eigenvalue weighted by molar-refractivity contribution is -0.126. The number of nitrogens with zero attached hydrogens (tertiary/aromatic N) is 1. The van der Waals surface area contributed by atoms with E-state index in [9.17, 15) is 18.4 Å². The predicted octanol–water partition coefficient (Wildman–Crippen LogP) is 2.24. The van der Waals surface area contributed by atoms with Crippen LogP contribution in [0.1, 0.15) is 49.9 Å². The molecule has 0 radical (unpaired) electrons. The quantitative estimate of drug-likeness (QED) is 0.859. The van der Waals surface area contributed by atoms with Gasteiger partial charge in [0.15, 0.2) is 0 Å². The lowest BCUT2D eigenvalue weighted by atomic mass is 9.69. The third-order valence-electron chi connectivity index (χ3n) is 4.49. The Balaban J connectivity index is 2.16. The summed E-state index contributed by atoms with van der Waals surface area (Å²) in [5, 5.41) is 2.68. The number of carbonyl (C=O) groups excluding carboxylic acids is 2. The normalized spacial score (nSPS) is 18.9. The molecule has 0 bridgehead atoms. The lowest BCUT2D eigenvalue weighted by Crippen LogP contribution is -2.59. The molecule has 0 spiro atoms. The van der Waals surface area contributed by atoms with Gasteiger partial charge in [0.25, 0.3) is 5.91 Å². The topological polar surface area (TPSA) is 94.3 Å². The van der Waals surface area contributed by atoms with Gasteiger partial charge in [-0.2, -0.15) is 8.78 Å². The summed E-state index contributed by atoms with van der Waals surface area (Å²) in [5.41, 5.74) is 4.55. The van der Waals surface area contributed by atoms with Crippen molar-refractivity contribution in [1.29, 1.82) is 0 Å². The van der Waals surface area contributed by atoms with Crippen LogP contribution in [-0.4, -0.2) is 28.9 Å². The smallest absolute Gasteiger partial charge is 0.388 e. The number of hydrogen-bond donors (Lipinski definition) is 2. The number of rotatable bonds is 5. The number of ether oxygens (including phenoxy) is 1. The zero-order valence-corrected chi connectivity index (χ0v) is 13.6. The molecule has 1 saturated carbocycles. The van der Waals surface area contributed by atoms with Gasteiger partial charge in [0.2, 0.25) is 11.8 Å². The van der Waals surface area contributed by atoms with Gasteiger partial charge in [-0.1, -0.05) is 13.8 Å². The number of nitrogens with one attached hydrogen (secondary N) is 1. The van der Waals surface area contributed by atoms with E-state index in [1.54, 1.807) is 0 Å². The van der Waals surface area contributed by atoms with E-state index >= 15 is 0 Å². The highest BCUT2D eigenvalue weighted by Gasteiger charge is 2.44. The molecule has 1 aromatic rings. The maximum Gasteiger partial charge on any atom is 0.388 e. The molecule has 2 rings (SSSR count). The fourth-order valence-corrected chi connectivity index (χ4v) is 2.78. The largest absolute Gasteiger partial charge is 0.417 e. The second-order valence-corrected chi connectivity index (χ2v) is 6.83. The zero-order chi connectivity index (χ0) is 18.0. The highest BCUT2D eigenvalue weighted by Crippen LogP contribution is 2.40. The summed E-state index contributed by atoms with van der Waals surface area (Å²) >= 11 is 0. The number of aromatic nitrogens is 1. The molecule has 1 aliphatic rings. The monoisotopic (exact) mass is 341 g/mol. The van der Waals surface area contributed by atoms with Crippen LogP contribution >= 0.6 is 0 Å². The van der Waals surface area contributed by atoms with E-state index in [0.717, 1.165) is 18.9 Å². The number of pyridine rings is 1. The summed E-state index contributed by atoms with van der Waals surface area (Å²) in [6.07, 6.45) is 3.55. The molecule has 0 atom stereocenters. The Hall–Kier alpha value is -2.25. The van der Waals surface area contributed by atoms with Crippen molar-refractivity contribution < 1.29 is 23.1 Å². The Morgan fingerprint density at radius 1 is 1.29 bits per heavy atom. The molecule has 8 heteroatoms. The molecular formula is C16H21F2N3O3. The molecule has 0 saturated heterocycles. The molecular weight excluding hydrogens is 320 g/mol. The van der Waals surface area contributed by atoms with E-state index in [0.29, 0.717) is 12.8 Å². The molecule has 6 nitrogen and oxygen atoms in total. The van der Waals surface area contributed by atoms with Crippen LogP contribution in [0.3, 0.4) is 0 Å². The Labute approximate surface area is 138 Å². The van der Waals surface area contributed by atoms with Crippen LogP contribution in [0.15, 0.2) is 18.3 Å². The minimum atomic E-state index is -3.03. The van der Waals surface area contributed by atoms with Crippen molar-refractivity contribution >= 4 is 11.8 Å². The molecule has 132 valence electrons. The third kappa shape index (κ3) is 4.18. The van der Waals surface area contributed by atoms with Crippen LogP contribution in [0.25, 0.3) is 0 Å². The standard InChI is InChI=1S/C16H21F2N3O3/c1-15(2)4-6-16(7-5-15,13(19)23)21-12(22)10-3-8-20-11(9-10)24-14(17)18/h3,8-9,14H,4-7H2,1-2H3,(H2,19,23)(H,21,22).